The number of anilines is 1. The van der Waals surface area contributed by atoms with Gasteiger partial charge in [0.25, 0.3) is 0 Å². The van der Waals surface area contributed by atoms with E-state index in [2.05, 4.69) is 10.6 Å². The second-order valence-electron chi connectivity index (χ2n) is 5.61. The summed E-state index contributed by atoms with van der Waals surface area (Å²) in [6, 6.07) is 7.67. The van der Waals surface area contributed by atoms with Gasteiger partial charge in [-0.2, -0.15) is 0 Å². The van der Waals surface area contributed by atoms with Crippen LogP contribution in [0.4, 0.5) is 10.5 Å². The van der Waals surface area contributed by atoms with Crippen LogP contribution in [0.5, 0.6) is 5.75 Å². The molecule has 0 radical (unpaired) electrons. The first-order valence-electron chi connectivity index (χ1n) is 6.96. The molecule has 2 amide bonds. The van der Waals surface area contributed by atoms with Crippen molar-refractivity contribution in [2.45, 2.75) is 31.7 Å². The Morgan fingerprint density at radius 1 is 1.32 bits per heavy atom. The highest BCUT2D eigenvalue weighted by molar-refractivity contribution is 5.89. The standard InChI is InChI=1S/C15H20N2O2/c1-19-13-4-2-3-12(9-13)16-15(18)17-14-8-10-5-6-11(14)7-10/h2-4,9-11,14H,5-8H2,1H3,(H2,16,17,18). The number of nitrogens with one attached hydrogen (secondary N) is 2. The molecule has 0 saturated heterocycles. The lowest BCUT2D eigenvalue weighted by Crippen LogP contribution is -2.40. The van der Waals surface area contributed by atoms with E-state index in [1.807, 2.05) is 24.3 Å². The normalized spacial score (nSPS) is 28.2. The first-order valence-corrected chi connectivity index (χ1v) is 6.96. The molecular weight excluding hydrogens is 240 g/mol. The van der Waals surface area contributed by atoms with Crippen LogP contribution in [0, 0.1) is 11.8 Å². The number of ether oxygens (including phenoxy) is 1. The van der Waals surface area contributed by atoms with Gasteiger partial charge in [0.1, 0.15) is 5.75 Å². The maximum atomic E-state index is 12.0. The third kappa shape index (κ3) is 2.67. The minimum atomic E-state index is -0.106. The molecule has 2 bridgehead atoms. The number of hydrogen-bond donors (Lipinski definition) is 2. The lowest BCUT2D eigenvalue weighted by atomic mass is 9.95. The molecule has 0 aliphatic heterocycles. The number of fused-ring (bicyclic) bond motifs is 2. The average Bonchev–Trinajstić information content (AvgIpc) is 3.01. The SMILES string of the molecule is COc1cccc(NC(=O)NC2CC3CCC2C3)c1. The summed E-state index contributed by atoms with van der Waals surface area (Å²) in [7, 11) is 1.62. The van der Waals surface area contributed by atoms with Crippen LogP contribution in [0.3, 0.4) is 0 Å². The molecule has 19 heavy (non-hydrogen) atoms. The molecule has 3 unspecified atom stereocenters. The van der Waals surface area contributed by atoms with Crippen molar-refractivity contribution in [3.05, 3.63) is 24.3 Å². The van der Waals surface area contributed by atoms with E-state index in [0.29, 0.717) is 12.0 Å². The minimum absolute atomic E-state index is 0.106. The fourth-order valence-electron chi connectivity index (χ4n) is 3.46. The van der Waals surface area contributed by atoms with Crippen molar-refractivity contribution in [1.82, 2.24) is 5.32 Å². The number of urea groups is 1. The van der Waals surface area contributed by atoms with Crippen molar-refractivity contribution in [2.75, 3.05) is 12.4 Å². The summed E-state index contributed by atoms with van der Waals surface area (Å²) in [5, 5.41) is 5.98. The van der Waals surface area contributed by atoms with E-state index in [9.17, 15) is 4.79 Å². The highest BCUT2D eigenvalue weighted by Gasteiger charge is 2.40. The van der Waals surface area contributed by atoms with Crippen LogP contribution in [0.15, 0.2) is 24.3 Å². The zero-order chi connectivity index (χ0) is 13.2. The van der Waals surface area contributed by atoms with E-state index in [-0.39, 0.29) is 6.03 Å². The molecule has 2 aliphatic carbocycles. The third-order valence-electron chi connectivity index (χ3n) is 4.38. The first kappa shape index (κ1) is 12.3. The Kier molecular flexibility index (Phi) is 3.32. The number of benzene rings is 1. The fourth-order valence-corrected chi connectivity index (χ4v) is 3.46. The molecular formula is C15H20N2O2. The molecule has 1 aromatic carbocycles. The number of methoxy groups -OCH3 is 1. The van der Waals surface area contributed by atoms with Gasteiger partial charge >= 0.3 is 6.03 Å². The Balaban J connectivity index is 1.56. The van der Waals surface area contributed by atoms with Crippen LogP contribution in [-0.4, -0.2) is 19.2 Å². The van der Waals surface area contributed by atoms with Crippen molar-refractivity contribution in [2.24, 2.45) is 11.8 Å². The van der Waals surface area contributed by atoms with Crippen LogP contribution in [0.2, 0.25) is 0 Å². The van der Waals surface area contributed by atoms with E-state index in [0.717, 1.165) is 23.8 Å². The second-order valence-corrected chi connectivity index (χ2v) is 5.61. The molecule has 2 saturated carbocycles. The fraction of sp³-hybridized carbons (Fsp3) is 0.533. The van der Waals surface area contributed by atoms with Crippen molar-refractivity contribution in [1.29, 1.82) is 0 Å². The number of amides is 2. The largest absolute Gasteiger partial charge is 0.497 e. The number of rotatable bonds is 3. The zero-order valence-electron chi connectivity index (χ0n) is 11.2. The molecule has 2 fully saturated rings. The van der Waals surface area contributed by atoms with Gasteiger partial charge in [0, 0.05) is 17.8 Å². The highest BCUT2D eigenvalue weighted by atomic mass is 16.5. The van der Waals surface area contributed by atoms with E-state index >= 15 is 0 Å². The second kappa shape index (κ2) is 5.11. The molecule has 0 heterocycles. The van der Waals surface area contributed by atoms with Crippen LogP contribution >= 0.6 is 0 Å². The van der Waals surface area contributed by atoms with Crippen LogP contribution < -0.4 is 15.4 Å². The summed E-state index contributed by atoms with van der Waals surface area (Å²) >= 11 is 0. The Morgan fingerprint density at radius 3 is 2.89 bits per heavy atom. The molecule has 0 aromatic heterocycles. The Labute approximate surface area is 113 Å². The molecule has 3 atom stereocenters. The van der Waals surface area contributed by atoms with E-state index in [1.165, 1.54) is 19.3 Å². The highest BCUT2D eigenvalue weighted by Crippen LogP contribution is 2.44. The topological polar surface area (TPSA) is 50.4 Å². The molecule has 2 aliphatic rings. The molecule has 0 spiro atoms. The number of hydrogen-bond acceptors (Lipinski definition) is 2. The molecule has 1 aromatic rings. The van der Waals surface area contributed by atoms with Gasteiger partial charge in [-0.1, -0.05) is 12.5 Å². The molecule has 2 N–H and O–H groups in total. The Morgan fingerprint density at radius 2 is 2.21 bits per heavy atom. The Hall–Kier alpha value is -1.71. The van der Waals surface area contributed by atoms with Gasteiger partial charge in [-0.15, -0.1) is 0 Å². The van der Waals surface area contributed by atoms with Crippen LogP contribution in [-0.2, 0) is 0 Å². The summed E-state index contributed by atoms with van der Waals surface area (Å²) in [6.07, 6.45) is 5.06. The maximum Gasteiger partial charge on any atom is 0.319 e. The van der Waals surface area contributed by atoms with E-state index in [4.69, 9.17) is 4.74 Å². The smallest absolute Gasteiger partial charge is 0.319 e. The van der Waals surface area contributed by atoms with Crippen molar-refractivity contribution >= 4 is 11.7 Å². The average molecular weight is 260 g/mol. The van der Waals surface area contributed by atoms with Crippen LogP contribution in [0.25, 0.3) is 0 Å². The van der Waals surface area contributed by atoms with Crippen molar-refractivity contribution < 1.29 is 9.53 Å². The maximum absolute atomic E-state index is 12.0. The Bertz CT molecular complexity index is 475. The van der Waals surface area contributed by atoms with Gasteiger partial charge < -0.3 is 15.4 Å². The zero-order valence-corrected chi connectivity index (χ0v) is 11.2. The molecule has 3 rings (SSSR count). The summed E-state index contributed by atoms with van der Waals surface area (Å²) in [5.74, 6) is 2.28. The van der Waals surface area contributed by atoms with E-state index in [1.54, 1.807) is 7.11 Å². The van der Waals surface area contributed by atoms with Gasteiger partial charge in [-0.05, 0) is 43.2 Å². The van der Waals surface area contributed by atoms with Crippen molar-refractivity contribution in [3.8, 4) is 5.75 Å². The first-order chi connectivity index (χ1) is 9.24. The molecule has 4 heteroatoms. The number of carbonyl (C=O) groups is 1. The molecule has 4 nitrogen and oxygen atoms in total. The van der Waals surface area contributed by atoms with E-state index < -0.39 is 0 Å². The van der Waals surface area contributed by atoms with Gasteiger partial charge in [0.05, 0.1) is 7.11 Å². The summed E-state index contributed by atoms with van der Waals surface area (Å²) in [5.41, 5.74) is 0.764. The quantitative estimate of drug-likeness (QED) is 0.877. The lowest BCUT2D eigenvalue weighted by molar-refractivity contribution is 0.242. The van der Waals surface area contributed by atoms with Gasteiger partial charge in [-0.25, -0.2) is 4.79 Å². The van der Waals surface area contributed by atoms with Gasteiger partial charge in [0.15, 0.2) is 0 Å². The predicted octanol–water partition coefficient (Wildman–Crippen LogP) is 3.01. The summed E-state index contributed by atoms with van der Waals surface area (Å²) in [6.45, 7) is 0. The lowest BCUT2D eigenvalue weighted by Gasteiger charge is -2.23. The van der Waals surface area contributed by atoms with Crippen LogP contribution in [0.1, 0.15) is 25.7 Å². The summed E-state index contributed by atoms with van der Waals surface area (Å²) < 4.78 is 5.14. The summed E-state index contributed by atoms with van der Waals surface area (Å²) in [4.78, 5) is 12.0. The number of carbonyl (C=O) groups excluding carboxylic acids is 1. The van der Waals surface area contributed by atoms with Gasteiger partial charge in [0.2, 0.25) is 0 Å². The minimum Gasteiger partial charge on any atom is -0.497 e. The predicted molar refractivity (Wildman–Crippen MR) is 74.4 cm³/mol. The third-order valence-corrected chi connectivity index (χ3v) is 4.38. The monoisotopic (exact) mass is 260 g/mol. The van der Waals surface area contributed by atoms with Crippen molar-refractivity contribution in [3.63, 3.8) is 0 Å². The van der Waals surface area contributed by atoms with Gasteiger partial charge in [-0.3, -0.25) is 0 Å². The molecule has 102 valence electrons.